The van der Waals surface area contributed by atoms with Crippen LogP contribution in [-0.4, -0.2) is 69.2 Å². The quantitative estimate of drug-likeness (QED) is 0.514. The van der Waals surface area contributed by atoms with Crippen LogP contribution in [-0.2, 0) is 0 Å². The lowest BCUT2D eigenvalue weighted by Crippen LogP contribution is -2.57. The zero-order valence-corrected chi connectivity index (χ0v) is 17.9. The van der Waals surface area contributed by atoms with Crippen LogP contribution in [0.2, 0.25) is 0 Å². The van der Waals surface area contributed by atoms with Crippen molar-refractivity contribution >= 4 is 39.8 Å². The molecule has 0 saturated carbocycles. The van der Waals surface area contributed by atoms with Gasteiger partial charge in [-0.25, -0.2) is 15.0 Å². The van der Waals surface area contributed by atoms with E-state index in [4.69, 9.17) is 0 Å². The molecule has 0 bridgehead atoms. The molecule has 0 spiro atoms. The van der Waals surface area contributed by atoms with Crippen molar-refractivity contribution in [2.24, 2.45) is 0 Å². The van der Waals surface area contributed by atoms with E-state index < -0.39 is 0 Å². The van der Waals surface area contributed by atoms with Crippen LogP contribution in [0.5, 0.6) is 0 Å². The number of nitrogens with zero attached hydrogens (tertiary/aromatic N) is 7. The molecule has 156 valence electrons. The number of pyridine rings is 3. The minimum absolute atomic E-state index is 0.236. The maximum atomic E-state index is 12.8. The van der Waals surface area contributed by atoms with E-state index in [1.807, 2.05) is 18.2 Å². The van der Waals surface area contributed by atoms with Gasteiger partial charge in [0, 0.05) is 48.5 Å². The Hall–Kier alpha value is -3.50. The smallest absolute Gasteiger partial charge is 0.257 e. The molecule has 1 aliphatic rings. The van der Waals surface area contributed by atoms with Crippen LogP contribution in [0.1, 0.15) is 10.4 Å². The van der Waals surface area contributed by atoms with Crippen molar-refractivity contribution in [1.29, 1.82) is 0 Å². The van der Waals surface area contributed by atoms with Crippen LogP contribution in [0.15, 0.2) is 48.2 Å². The van der Waals surface area contributed by atoms with Crippen molar-refractivity contribution in [3.05, 3.63) is 53.8 Å². The minimum Gasteiger partial charge on any atom is -0.353 e. The van der Waals surface area contributed by atoms with Crippen LogP contribution in [0.3, 0.4) is 0 Å². The Morgan fingerprint density at radius 2 is 2.06 bits per heavy atom. The fourth-order valence-corrected chi connectivity index (χ4v) is 3.90. The standard InChI is InChI=1S/C21H20N8OS/c1-28(2)15-10-29(11-15)19-7-13(5-6-22-19)20(30)26-18-8-17-14(9-23-18)3-4-16(25-17)21-27-24-12-31-21/h3-9,12,15H,10-11H2,1-2H3,(H,23,26,30). The monoisotopic (exact) mass is 432 g/mol. The molecule has 0 aromatic carbocycles. The summed E-state index contributed by atoms with van der Waals surface area (Å²) in [5.74, 6) is 1.01. The zero-order valence-electron chi connectivity index (χ0n) is 17.1. The van der Waals surface area contributed by atoms with E-state index in [-0.39, 0.29) is 5.91 Å². The first-order valence-electron chi connectivity index (χ1n) is 9.79. The second kappa shape index (κ2) is 7.97. The Labute approximate surface area is 182 Å². The zero-order chi connectivity index (χ0) is 21.4. The molecule has 10 heteroatoms. The maximum absolute atomic E-state index is 12.8. The van der Waals surface area contributed by atoms with E-state index in [0.717, 1.165) is 40.5 Å². The minimum atomic E-state index is -0.236. The summed E-state index contributed by atoms with van der Waals surface area (Å²) in [4.78, 5) is 30.6. The molecule has 4 aromatic heterocycles. The first-order chi connectivity index (χ1) is 15.1. The molecule has 5 heterocycles. The van der Waals surface area contributed by atoms with Gasteiger partial charge in [-0.05, 0) is 38.4 Å². The Bertz CT molecular complexity index is 1240. The van der Waals surface area contributed by atoms with Gasteiger partial charge < -0.3 is 15.1 Å². The van der Waals surface area contributed by atoms with Crippen molar-refractivity contribution in [2.75, 3.05) is 37.4 Å². The second-order valence-electron chi connectivity index (χ2n) is 7.58. The number of likely N-dealkylation sites (N-methyl/N-ethyl adjacent to an activating group) is 1. The normalized spacial score (nSPS) is 14.1. The summed E-state index contributed by atoms with van der Waals surface area (Å²) in [6, 6.07) is 9.61. The van der Waals surface area contributed by atoms with Gasteiger partial charge in [-0.1, -0.05) is 11.3 Å². The van der Waals surface area contributed by atoms with Gasteiger partial charge in [-0.15, -0.1) is 10.2 Å². The molecule has 1 N–H and O–H groups in total. The van der Waals surface area contributed by atoms with Gasteiger partial charge in [0.1, 0.15) is 22.8 Å². The number of carbonyl (C=O) groups is 1. The van der Waals surface area contributed by atoms with Gasteiger partial charge in [0.2, 0.25) is 0 Å². The Balaban J connectivity index is 1.34. The van der Waals surface area contributed by atoms with Gasteiger partial charge in [0.15, 0.2) is 5.01 Å². The van der Waals surface area contributed by atoms with Crippen LogP contribution in [0, 0.1) is 0 Å². The lowest BCUT2D eigenvalue weighted by molar-refractivity contribution is 0.102. The third-order valence-corrected chi connectivity index (χ3v) is 6.03. The van der Waals surface area contributed by atoms with Gasteiger partial charge in [0.05, 0.1) is 5.52 Å². The number of carbonyl (C=O) groups excluding carboxylic acids is 1. The van der Waals surface area contributed by atoms with E-state index in [0.29, 0.717) is 17.4 Å². The molecule has 1 aliphatic heterocycles. The van der Waals surface area contributed by atoms with Crippen molar-refractivity contribution in [3.63, 3.8) is 0 Å². The third-order valence-electron chi connectivity index (χ3n) is 5.32. The molecule has 4 aromatic rings. The Morgan fingerprint density at radius 1 is 1.19 bits per heavy atom. The molecular formula is C21H20N8OS. The van der Waals surface area contributed by atoms with E-state index >= 15 is 0 Å². The van der Waals surface area contributed by atoms with Gasteiger partial charge in [-0.2, -0.15) is 0 Å². The first-order valence-corrected chi connectivity index (χ1v) is 10.7. The Kier molecular flexibility index (Phi) is 5.00. The summed E-state index contributed by atoms with van der Waals surface area (Å²) in [5.41, 5.74) is 3.67. The van der Waals surface area contributed by atoms with Crippen molar-refractivity contribution in [1.82, 2.24) is 30.0 Å². The topological polar surface area (TPSA) is 100 Å². The van der Waals surface area contributed by atoms with Crippen molar-refractivity contribution < 1.29 is 4.79 Å². The molecule has 1 amide bonds. The van der Waals surface area contributed by atoms with Gasteiger partial charge in [0.25, 0.3) is 5.91 Å². The summed E-state index contributed by atoms with van der Waals surface area (Å²) in [6.07, 6.45) is 3.36. The van der Waals surface area contributed by atoms with E-state index in [1.54, 1.807) is 30.0 Å². The highest BCUT2D eigenvalue weighted by atomic mass is 32.1. The van der Waals surface area contributed by atoms with Gasteiger partial charge in [-0.3, -0.25) is 4.79 Å². The summed E-state index contributed by atoms with van der Waals surface area (Å²) in [7, 11) is 4.14. The summed E-state index contributed by atoms with van der Waals surface area (Å²) >= 11 is 1.43. The number of amides is 1. The summed E-state index contributed by atoms with van der Waals surface area (Å²) in [5, 5.41) is 12.4. The van der Waals surface area contributed by atoms with Crippen molar-refractivity contribution in [2.45, 2.75) is 6.04 Å². The van der Waals surface area contributed by atoms with Crippen LogP contribution in [0.25, 0.3) is 21.6 Å². The highest BCUT2D eigenvalue weighted by Crippen LogP contribution is 2.24. The largest absolute Gasteiger partial charge is 0.353 e. The number of hydrogen-bond acceptors (Lipinski definition) is 9. The third kappa shape index (κ3) is 3.94. The summed E-state index contributed by atoms with van der Waals surface area (Å²) in [6.45, 7) is 1.81. The average molecular weight is 433 g/mol. The highest BCUT2D eigenvalue weighted by Gasteiger charge is 2.29. The molecule has 5 rings (SSSR count). The molecule has 1 saturated heterocycles. The van der Waals surface area contributed by atoms with Crippen molar-refractivity contribution in [3.8, 4) is 10.7 Å². The average Bonchev–Trinajstić information content (AvgIpc) is 3.27. The van der Waals surface area contributed by atoms with Gasteiger partial charge >= 0.3 is 0 Å². The van der Waals surface area contributed by atoms with E-state index in [9.17, 15) is 4.79 Å². The molecule has 0 unspecified atom stereocenters. The number of hydrogen-bond donors (Lipinski definition) is 1. The fourth-order valence-electron chi connectivity index (χ4n) is 3.38. The summed E-state index contributed by atoms with van der Waals surface area (Å²) < 4.78 is 0. The molecule has 1 fully saturated rings. The van der Waals surface area contributed by atoms with Crippen LogP contribution < -0.4 is 10.2 Å². The number of fused-ring (bicyclic) bond motifs is 1. The lowest BCUT2D eigenvalue weighted by Gasteiger charge is -2.43. The molecule has 0 atom stereocenters. The number of nitrogens with one attached hydrogen (secondary N) is 1. The predicted octanol–water partition coefficient (Wildman–Crippen LogP) is 2.55. The van der Waals surface area contributed by atoms with E-state index in [2.05, 4.69) is 54.4 Å². The van der Waals surface area contributed by atoms with E-state index in [1.165, 1.54) is 11.3 Å². The SMILES string of the molecule is CN(C)C1CN(c2cc(C(=O)Nc3cc4nc(-c5nncs5)ccc4cn3)ccn2)C1. The molecule has 0 aliphatic carbocycles. The van der Waals surface area contributed by atoms with Crippen LogP contribution in [0.4, 0.5) is 11.6 Å². The molecule has 9 nitrogen and oxygen atoms in total. The second-order valence-corrected chi connectivity index (χ2v) is 8.42. The number of rotatable bonds is 5. The predicted molar refractivity (Wildman–Crippen MR) is 120 cm³/mol. The fraction of sp³-hybridized carbons (Fsp3) is 0.238. The molecular weight excluding hydrogens is 412 g/mol. The molecule has 0 radical (unpaired) electrons. The number of aromatic nitrogens is 5. The van der Waals surface area contributed by atoms with Crippen LogP contribution >= 0.6 is 11.3 Å². The first kappa shape index (κ1) is 19.5. The maximum Gasteiger partial charge on any atom is 0.257 e. The number of anilines is 2. The molecule has 31 heavy (non-hydrogen) atoms. The Morgan fingerprint density at radius 3 is 2.84 bits per heavy atom. The lowest BCUT2D eigenvalue weighted by atomic mass is 10.1. The highest BCUT2D eigenvalue weighted by molar-refractivity contribution is 7.12.